The summed E-state index contributed by atoms with van der Waals surface area (Å²) >= 11 is 0. The summed E-state index contributed by atoms with van der Waals surface area (Å²) in [6, 6.07) is 9.52. The summed E-state index contributed by atoms with van der Waals surface area (Å²) in [7, 11) is 5.34. The number of guanidine groups is 1. The van der Waals surface area contributed by atoms with Gasteiger partial charge in [-0.3, -0.25) is 9.20 Å². The lowest BCUT2D eigenvalue weighted by Crippen LogP contribution is -2.48. The predicted molar refractivity (Wildman–Crippen MR) is 121 cm³/mol. The van der Waals surface area contributed by atoms with Crippen molar-refractivity contribution in [3.8, 4) is 0 Å². The van der Waals surface area contributed by atoms with E-state index in [1.165, 1.54) is 11.1 Å². The van der Waals surface area contributed by atoms with Crippen LogP contribution in [0.4, 0.5) is 0 Å². The Kier molecular flexibility index (Phi) is 9.45. The number of rotatable bonds is 8. The van der Waals surface area contributed by atoms with Crippen LogP contribution < -0.4 is 10.6 Å². The van der Waals surface area contributed by atoms with Crippen molar-refractivity contribution in [1.82, 2.24) is 15.5 Å². The molecule has 6 heteroatoms. The topological polar surface area (TPSA) is 56.7 Å². The summed E-state index contributed by atoms with van der Waals surface area (Å²) in [4.78, 5) is 6.66. The molecule has 0 saturated heterocycles. The van der Waals surface area contributed by atoms with E-state index in [0.717, 1.165) is 50.4 Å². The van der Waals surface area contributed by atoms with Gasteiger partial charge in [0.2, 0.25) is 0 Å². The SMILES string of the molecule is CCc1ccc(C(CNC(=NC)NC2CCCC(S(=O)CC)C2)N(C)C)cc1. The van der Waals surface area contributed by atoms with Gasteiger partial charge in [-0.2, -0.15) is 0 Å². The van der Waals surface area contributed by atoms with E-state index >= 15 is 0 Å². The van der Waals surface area contributed by atoms with Crippen LogP contribution in [0.3, 0.4) is 0 Å². The van der Waals surface area contributed by atoms with E-state index in [-0.39, 0.29) is 6.04 Å². The molecule has 28 heavy (non-hydrogen) atoms. The molecule has 4 atom stereocenters. The summed E-state index contributed by atoms with van der Waals surface area (Å²) in [6.07, 6.45) is 5.37. The lowest BCUT2D eigenvalue weighted by atomic mass is 9.95. The van der Waals surface area contributed by atoms with Crippen molar-refractivity contribution in [3.63, 3.8) is 0 Å². The number of benzene rings is 1. The van der Waals surface area contributed by atoms with Gasteiger partial charge in [0.1, 0.15) is 0 Å². The maximum Gasteiger partial charge on any atom is 0.191 e. The molecular formula is C22H38N4OS. The number of hydrogen-bond donors (Lipinski definition) is 2. The first-order valence-electron chi connectivity index (χ1n) is 10.6. The second-order valence-corrected chi connectivity index (χ2v) is 9.83. The van der Waals surface area contributed by atoms with Gasteiger partial charge in [-0.25, -0.2) is 0 Å². The molecule has 1 fully saturated rings. The zero-order valence-corrected chi connectivity index (χ0v) is 19.0. The molecule has 1 aliphatic rings. The van der Waals surface area contributed by atoms with Gasteiger partial charge in [-0.15, -0.1) is 0 Å². The third-order valence-electron chi connectivity index (χ3n) is 5.71. The van der Waals surface area contributed by atoms with Crippen LogP contribution in [0.15, 0.2) is 29.3 Å². The summed E-state index contributed by atoms with van der Waals surface area (Å²) in [5, 5.41) is 7.39. The number of nitrogens with zero attached hydrogens (tertiary/aromatic N) is 2. The second kappa shape index (κ2) is 11.6. The molecule has 0 radical (unpaired) electrons. The Morgan fingerprint density at radius 2 is 1.96 bits per heavy atom. The van der Waals surface area contributed by atoms with Gasteiger partial charge in [-0.05, 0) is 50.9 Å². The molecule has 5 nitrogen and oxygen atoms in total. The second-order valence-electron chi connectivity index (χ2n) is 7.83. The largest absolute Gasteiger partial charge is 0.354 e. The number of likely N-dealkylation sites (N-methyl/N-ethyl adjacent to an activating group) is 1. The van der Waals surface area contributed by atoms with Gasteiger partial charge in [0.05, 0.1) is 6.04 Å². The molecular weight excluding hydrogens is 368 g/mol. The Labute approximate surface area is 173 Å². The molecule has 0 amide bonds. The minimum atomic E-state index is -0.703. The lowest BCUT2D eigenvalue weighted by molar-refractivity contribution is 0.297. The smallest absolute Gasteiger partial charge is 0.191 e. The van der Waals surface area contributed by atoms with E-state index in [0.29, 0.717) is 11.3 Å². The zero-order valence-electron chi connectivity index (χ0n) is 18.2. The van der Waals surface area contributed by atoms with Crippen LogP contribution in [0.25, 0.3) is 0 Å². The van der Waals surface area contributed by atoms with E-state index in [9.17, 15) is 4.21 Å². The van der Waals surface area contributed by atoms with Gasteiger partial charge in [0.15, 0.2) is 5.96 Å². The van der Waals surface area contributed by atoms with E-state index in [1.54, 1.807) is 0 Å². The van der Waals surface area contributed by atoms with E-state index < -0.39 is 10.8 Å². The fourth-order valence-corrected chi connectivity index (χ4v) is 5.25. The Morgan fingerprint density at radius 1 is 1.25 bits per heavy atom. The Balaban J connectivity index is 1.94. The average Bonchev–Trinajstić information content (AvgIpc) is 2.72. The fraction of sp³-hybridized carbons (Fsp3) is 0.682. The van der Waals surface area contributed by atoms with Crippen LogP contribution in [0.1, 0.15) is 56.7 Å². The highest BCUT2D eigenvalue weighted by atomic mass is 32.2. The first-order chi connectivity index (χ1) is 13.5. The van der Waals surface area contributed by atoms with Crippen molar-refractivity contribution in [2.24, 2.45) is 4.99 Å². The molecule has 158 valence electrons. The van der Waals surface area contributed by atoms with E-state index in [2.05, 4.69) is 65.8 Å². The first kappa shape index (κ1) is 22.9. The standard InChI is InChI=1S/C22H38N4OS/c1-6-17-11-13-18(14-12-17)21(26(4)5)16-24-22(23-3)25-19-9-8-10-20(15-19)28(27)7-2/h11-14,19-21H,6-10,15-16H2,1-5H3,(H2,23,24,25). The van der Waals surface area contributed by atoms with Crippen molar-refractivity contribution in [1.29, 1.82) is 0 Å². The minimum Gasteiger partial charge on any atom is -0.354 e. The molecule has 0 aromatic heterocycles. The summed E-state index contributed by atoms with van der Waals surface area (Å²) in [5.41, 5.74) is 2.67. The molecule has 0 bridgehead atoms. The molecule has 0 heterocycles. The van der Waals surface area contributed by atoms with Gasteiger partial charge in [-0.1, -0.05) is 44.5 Å². The van der Waals surface area contributed by atoms with Crippen LogP contribution in [0, 0.1) is 0 Å². The zero-order chi connectivity index (χ0) is 20.5. The molecule has 2 rings (SSSR count). The predicted octanol–water partition coefficient (Wildman–Crippen LogP) is 3.10. The number of aliphatic imine (C=N–C) groups is 1. The van der Waals surface area contributed by atoms with Crippen molar-refractivity contribution in [2.45, 2.75) is 63.3 Å². The summed E-state index contributed by atoms with van der Waals surface area (Å²) in [5.74, 6) is 1.59. The lowest BCUT2D eigenvalue weighted by Gasteiger charge is -2.31. The maximum atomic E-state index is 12.2. The minimum absolute atomic E-state index is 0.274. The van der Waals surface area contributed by atoms with Crippen LogP contribution in [-0.4, -0.2) is 59.8 Å². The molecule has 0 spiro atoms. The Hall–Kier alpha value is -1.40. The van der Waals surface area contributed by atoms with Crippen LogP contribution in [0.2, 0.25) is 0 Å². The molecule has 1 saturated carbocycles. The highest BCUT2D eigenvalue weighted by Gasteiger charge is 2.26. The van der Waals surface area contributed by atoms with Gasteiger partial charge < -0.3 is 15.5 Å². The molecule has 1 aromatic carbocycles. The van der Waals surface area contributed by atoms with E-state index in [4.69, 9.17) is 0 Å². The van der Waals surface area contributed by atoms with Gasteiger partial charge in [0.25, 0.3) is 0 Å². The number of nitrogens with one attached hydrogen (secondary N) is 2. The molecule has 2 N–H and O–H groups in total. The van der Waals surface area contributed by atoms with Crippen molar-refractivity contribution >= 4 is 16.8 Å². The third kappa shape index (κ3) is 6.59. The fourth-order valence-electron chi connectivity index (χ4n) is 3.91. The van der Waals surface area contributed by atoms with Crippen molar-refractivity contribution in [2.75, 3.05) is 33.4 Å². The monoisotopic (exact) mass is 406 g/mol. The maximum absolute atomic E-state index is 12.2. The molecule has 0 aliphatic heterocycles. The van der Waals surface area contributed by atoms with Gasteiger partial charge in [0, 0.05) is 41.4 Å². The molecule has 4 unspecified atom stereocenters. The van der Waals surface area contributed by atoms with Crippen molar-refractivity contribution in [3.05, 3.63) is 35.4 Å². The van der Waals surface area contributed by atoms with E-state index in [1.807, 2.05) is 14.0 Å². The van der Waals surface area contributed by atoms with Crippen LogP contribution in [-0.2, 0) is 17.2 Å². The molecule has 1 aliphatic carbocycles. The first-order valence-corrected chi connectivity index (χ1v) is 12.0. The third-order valence-corrected chi connectivity index (χ3v) is 7.45. The number of hydrogen-bond acceptors (Lipinski definition) is 3. The quantitative estimate of drug-likeness (QED) is 0.514. The van der Waals surface area contributed by atoms with Crippen molar-refractivity contribution < 1.29 is 4.21 Å². The van der Waals surface area contributed by atoms with Crippen LogP contribution >= 0.6 is 0 Å². The normalized spacial score (nSPS) is 22.7. The highest BCUT2D eigenvalue weighted by Crippen LogP contribution is 2.23. The summed E-state index contributed by atoms with van der Waals surface area (Å²) in [6.45, 7) is 4.98. The highest BCUT2D eigenvalue weighted by molar-refractivity contribution is 7.85. The van der Waals surface area contributed by atoms with Crippen LogP contribution in [0.5, 0.6) is 0 Å². The Bertz CT molecular complexity index is 644. The molecule has 1 aromatic rings. The number of aryl methyl sites for hydroxylation is 1. The Morgan fingerprint density at radius 3 is 2.54 bits per heavy atom. The summed E-state index contributed by atoms with van der Waals surface area (Å²) < 4.78 is 12.2. The van der Waals surface area contributed by atoms with Gasteiger partial charge >= 0.3 is 0 Å². The average molecular weight is 407 g/mol.